The Balaban J connectivity index is 1.34. The van der Waals surface area contributed by atoms with Crippen molar-refractivity contribution in [1.29, 1.82) is 0 Å². The van der Waals surface area contributed by atoms with Gasteiger partial charge in [0.2, 0.25) is 0 Å². The average molecular weight is 434 g/mol. The lowest BCUT2D eigenvalue weighted by Gasteiger charge is -2.04. The van der Waals surface area contributed by atoms with E-state index >= 15 is 0 Å². The third-order valence-corrected chi connectivity index (χ3v) is 5.23. The average Bonchev–Trinajstić information content (AvgIpc) is 2.85. The highest BCUT2D eigenvalue weighted by molar-refractivity contribution is 5.83. The predicted molar refractivity (Wildman–Crippen MR) is 139 cm³/mol. The Morgan fingerprint density at radius 1 is 0.758 bits per heavy atom. The van der Waals surface area contributed by atoms with Crippen LogP contribution in [0, 0.1) is 6.92 Å². The first-order chi connectivity index (χ1) is 16.2. The molecule has 164 valence electrons. The highest BCUT2D eigenvalue weighted by Crippen LogP contribution is 2.20. The topological polar surface area (TPSA) is 46.0 Å². The van der Waals surface area contributed by atoms with Gasteiger partial charge in [-0.15, -0.1) is 0 Å². The van der Waals surface area contributed by atoms with E-state index in [1.54, 1.807) is 7.11 Å². The molecule has 0 fully saturated rings. The standard InChI is InChI=1S/C29H27N3O/c1-22-5-3-7-28(17-22)32-31-21-24-11-15-27(16-12-24)26-13-9-23(10-14-26)19-30-20-25-6-4-8-29(18-25)33-2/h3-19,21,32H,20H2,1-2H3/b30-19?,31-21+. The van der Waals surface area contributed by atoms with Gasteiger partial charge in [0.1, 0.15) is 5.75 Å². The number of aliphatic imine (C=N–C) groups is 1. The molecule has 4 aromatic carbocycles. The number of benzene rings is 4. The molecule has 0 aliphatic rings. The van der Waals surface area contributed by atoms with Gasteiger partial charge in [-0.25, -0.2) is 0 Å². The maximum atomic E-state index is 5.26. The van der Waals surface area contributed by atoms with E-state index < -0.39 is 0 Å². The lowest BCUT2D eigenvalue weighted by molar-refractivity contribution is 0.414. The summed E-state index contributed by atoms with van der Waals surface area (Å²) in [5.74, 6) is 0.854. The quantitative estimate of drug-likeness (QED) is 0.247. The van der Waals surface area contributed by atoms with E-state index in [0.717, 1.165) is 28.1 Å². The first-order valence-electron chi connectivity index (χ1n) is 10.9. The summed E-state index contributed by atoms with van der Waals surface area (Å²) in [4.78, 5) is 4.56. The molecule has 0 bridgehead atoms. The summed E-state index contributed by atoms with van der Waals surface area (Å²) >= 11 is 0. The molecule has 0 heterocycles. The molecule has 0 saturated heterocycles. The van der Waals surface area contributed by atoms with E-state index in [9.17, 15) is 0 Å². The van der Waals surface area contributed by atoms with Gasteiger partial charge in [0.05, 0.1) is 25.6 Å². The smallest absolute Gasteiger partial charge is 0.119 e. The van der Waals surface area contributed by atoms with Crippen LogP contribution in [0.15, 0.2) is 107 Å². The van der Waals surface area contributed by atoms with Crippen LogP contribution in [-0.2, 0) is 6.54 Å². The van der Waals surface area contributed by atoms with E-state index in [1.807, 2.05) is 42.8 Å². The normalized spacial score (nSPS) is 11.2. The molecule has 0 atom stereocenters. The molecule has 0 aliphatic heterocycles. The second kappa shape index (κ2) is 10.9. The van der Waals surface area contributed by atoms with Crippen molar-refractivity contribution in [2.75, 3.05) is 12.5 Å². The second-order valence-electron chi connectivity index (χ2n) is 7.80. The molecular formula is C29H27N3O. The zero-order valence-electron chi connectivity index (χ0n) is 18.9. The molecule has 0 aliphatic carbocycles. The van der Waals surface area contributed by atoms with Crippen LogP contribution in [0.2, 0.25) is 0 Å². The van der Waals surface area contributed by atoms with Gasteiger partial charge >= 0.3 is 0 Å². The summed E-state index contributed by atoms with van der Waals surface area (Å²) in [7, 11) is 1.68. The van der Waals surface area contributed by atoms with Crippen molar-refractivity contribution < 1.29 is 4.74 Å². The van der Waals surface area contributed by atoms with Crippen molar-refractivity contribution in [1.82, 2.24) is 0 Å². The molecule has 4 aromatic rings. The Hall–Kier alpha value is -4.18. The molecule has 1 N–H and O–H groups in total. The number of hydrogen-bond acceptors (Lipinski definition) is 4. The fraction of sp³-hybridized carbons (Fsp3) is 0.103. The first kappa shape index (κ1) is 22.0. The largest absolute Gasteiger partial charge is 0.497 e. The van der Waals surface area contributed by atoms with E-state index in [-0.39, 0.29) is 0 Å². The molecule has 0 amide bonds. The van der Waals surface area contributed by atoms with Gasteiger partial charge in [-0.2, -0.15) is 5.10 Å². The van der Waals surface area contributed by atoms with Crippen LogP contribution in [0.3, 0.4) is 0 Å². The molecule has 33 heavy (non-hydrogen) atoms. The number of nitrogens with zero attached hydrogens (tertiary/aromatic N) is 2. The minimum Gasteiger partial charge on any atom is -0.497 e. The molecule has 0 aromatic heterocycles. The molecular weight excluding hydrogens is 406 g/mol. The van der Waals surface area contributed by atoms with Crippen molar-refractivity contribution in [2.24, 2.45) is 10.1 Å². The van der Waals surface area contributed by atoms with Gasteiger partial charge in [0.15, 0.2) is 0 Å². The Kier molecular flexibility index (Phi) is 7.29. The third-order valence-electron chi connectivity index (χ3n) is 5.23. The van der Waals surface area contributed by atoms with E-state index in [1.165, 1.54) is 16.7 Å². The highest BCUT2D eigenvalue weighted by atomic mass is 16.5. The minimum atomic E-state index is 0.626. The van der Waals surface area contributed by atoms with Crippen LogP contribution in [0.1, 0.15) is 22.3 Å². The van der Waals surface area contributed by atoms with Gasteiger partial charge < -0.3 is 4.74 Å². The fourth-order valence-corrected chi connectivity index (χ4v) is 3.45. The van der Waals surface area contributed by atoms with E-state index in [4.69, 9.17) is 4.74 Å². The van der Waals surface area contributed by atoms with Crippen molar-refractivity contribution in [3.05, 3.63) is 119 Å². The van der Waals surface area contributed by atoms with Crippen LogP contribution in [0.5, 0.6) is 5.75 Å². The van der Waals surface area contributed by atoms with E-state index in [0.29, 0.717) is 6.54 Å². The molecule has 0 unspecified atom stereocenters. The first-order valence-corrected chi connectivity index (χ1v) is 10.9. The molecule has 4 nitrogen and oxygen atoms in total. The SMILES string of the molecule is COc1cccc(CN=Cc2ccc(-c3ccc(/C=N/Nc4cccc(C)c4)cc3)cc2)c1. The molecule has 0 spiro atoms. The van der Waals surface area contributed by atoms with Gasteiger partial charge in [0.25, 0.3) is 0 Å². The summed E-state index contributed by atoms with van der Waals surface area (Å²) in [6, 6.07) is 32.9. The minimum absolute atomic E-state index is 0.626. The fourth-order valence-electron chi connectivity index (χ4n) is 3.45. The number of ether oxygens (including phenoxy) is 1. The van der Waals surface area contributed by atoms with Gasteiger partial charge in [-0.05, 0) is 64.6 Å². The Morgan fingerprint density at radius 3 is 2.09 bits per heavy atom. The van der Waals surface area contributed by atoms with Gasteiger partial charge in [-0.3, -0.25) is 10.4 Å². The summed E-state index contributed by atoms with van der Waals surface area (Å²) < 4.78 is 5.26. The maximum absolute atomic E-state index is 5.26. The maximum Gasteiger partial charge on any atom is 0.119 e. The summed E-state index contributed by atoms with van der Waals surface area (Å²) in [5, 5.41) is 4.33. The second-order valence-corrected chi connectivity index (χ2v) is 7.80. The lowest BCUT2D eigenvalue weighted by atomic mass is 10.0. The van der Waals surface area contributed by atoms with Crippen LogP contribution in [-0.4, -0.2) is 19.5 Å². The Bertz CT molecular complexity index is 1240. The zero-order chi connectivity index (χ0) is 22.9. The Labute approximate surface area is 195 Å². The number of hydrogen-bond donors (Lipinski definition) is 1. The van der Waals surface area contributed by atoms with E-state index in [2.05, 4.69) is 89.2 Å². The number of anilines is 1. The summed E-state index contributed by atoms with van der Waals surface area (Å²) in [6.07, 6.45) is 3.73. The van der Waals surface area contributed by atoms with Crippen molar-refractivity contribution in [3.8, 4) is 16.9 Å². The number of rotatable bonds is 8. The predicted octanol–water partition coefficient (Wildman–Crippen LogP) is 6.74. The summed E-state index contributed by atoms with van der Waals surface area (Å²) in [5.41, 5.74) is 10.8. The Morgan fingerprint density at radius 2 is 1.42 bits per heavy atom. The number of nitrogens with one attached hydrogen (secondary N) is 1. The molecule has 0 radical (unpaired) electrons. The van der Waals surface area contributed by atoms with Crippen LogP contribution in [0.4, 0.5) is 5.69 Å². The number of methoxy groups -OCH3 is 1. The molecule has 4 heteroatoms. The summed E-state index contributed by atoms with van der Waals surface area (Å²) in [6.45, 7) is 2.69. The third kappa shape index (κ3) is 6.40. The monoisotopic (exact) mass is 433 g/mol. The zero-order valence-corrected chi connectivity index (χ0v) is 18.9. The van der Waals surface area contributed by atoms with Gasteiger partial charge in [0, 0.05) is 6.21 Å². The highest BCUT2D eigenvalue weighted by Gasteiger charge is 1.99. The van der Waals surface area contributed by atoms with Crippen molar-refractivity contribution >= 4 is 18.1 Å². The number of hydrazone groups is 1. The van der Waals surface area contributed by atoms with Crippen LogP contribution in [0.25, 0.3) is 11.1 Å². The molecule has 0 saturated carbocycles. The van der Waals surface area contributed by atoms with Crippen LogP contribution < -0.4 is 10.2 Å². The van der Waals surface area contributed by atoms with Crippen LogP contribution >= 0.6 is 0 Å². The number of aryl methyl sites for hydroxylation is 1. The van der Waals surface area contributed by atoms with Crippen molar-refractivity contribution in [2.45, 2.75) is 13.5 Å². The lowest BCUT2D eigenvalue weighted by Crippen LogP contribution is -1.91. The molecule has 4 rings (SSSR count). The van der Waals surface area contributed by atoms with Crippen molar-refractivity contribution in [3.63, 3.8) is 0 Å². The van der Waals surface area contributed by atoms with Gasteiger partial charge in [-0.1, -0.05) is 72.8 Å².